The molecule has 1 aliphatic rings. The van der Waals surface area contributed by atoms with Gasteiger partial charge in [-0.15, -0.1) is 10.2 Å². The van der Waals surface area contributed by atoms with Gasteiger partial charge in [-0.05, 0) is 12.3 Å². The topological polar surface area (TPSA) is 94.0 Å². The molecule has 1 saturated heterocycles. The molecule has 0 unspecified atom stereocenters. The molecule has 0 aromatic carbocycles. The van der Waals surface area contributed by atoms with E-state index in [1.807, 2.05) is 20.9 Å². The molecule has 1 aliphatic heterocycles. The predicted octanol–water partition coefficient (Wildman–Crippen LogP) is 0.582. The minimum Gasteiger partial charge on any atom is -0.355 e. The van der Waals surface area contributed by atoms with Crippen LogP contribution in [0.5, 0.6) is 0 Å². The van der Waals surface area contributed by atoms with Crippen LogP contribution in [0, 0.1) is 5.92 Å². The smallest absolute Gasteiger partial charge is 0.230 e. The number of aromatic nitrogens is 3. The van der Waals surface area contributed by atoms with Crippen LogP contribution in [0.2, 0.25) is 0 Å². The first kappa shape index (κ1) is 17.3. The average Bonchev–Trinajstić information content (AvgIpc) is 2.97. The van der Waals surface area contributed by atoms with Crippen molar-refractivity contribution in [2.75, 3.05) is 23.8 Å². The van der Waals surface area contributed by atoms with Crippen LogP contribution in [0.1, 0.15) is 32.0 Å². The van der Waals surface area contributed by atoms with Gasteiger partial charge in [-0.2, -0.15) is 0 Å². The van der Waals surface area contributed by atoms with Crippen LogP contribution in [-0.4, -0.2) is 52.9 Å². The van der Waals surface area contributed by atoms with Gasteiger partial charge in [0.05, 0.1) is 17.3 Å². The summed E-state index contributed by atoms with van der Waals surface area (Å²) in [7, 11) is -1.13. The molecule has 0 bridgehead atoms. The molecule has 0 radical (unpaired) electrons. The van der Waals surface area contributed by atoms with Crippen LogP contribution in [0.15, 0.2) is 5.16 Å². The van der Waals surface area contributed by atoms with Gasteiger partial charge in [0.2, 0.25) is 5.91 Å². The number of hydrogen-bond donors (Lipinski definition) is 1. The minimum atomic E-state index is -2.94. The van der Waals surface area contributed by atoms with Gasteiger partial charge in [0.25, 0.3) is 0 Å². The third-order valence-corrected chi connectivity index (χ3v) is 6.29. The normalized spacial score (nSPS) is 20.5. The van der Waals surface area contributed by atoms with Gasteiger partial charge in [0, 0.05) is 19.5 Å². The van der Waals surface area contributed by atoms with Crippen molar-refractivity contribution in [1.29, 1.82) is 0 Å². The first-order valence-corrected chi connectivity index (χ1v) is 10.1. The summed E-state index contributed by atoms with van der Waals surface area (Å²) in [5, 5.41) is 11.7. The van der Waals surface area contributed by atoms with E-state index in [4.69, 9.17) is 0 Å². The van der Waals surface area contributed by atoms with E-state index >= 15 is 0 Å². The summed E-state index contributed by atoms with van der Waals surface area (Å²) in [5.74, 6) is 1.61. The third kappa shape index (κ3) is 4.45. The number of hydrogen-bond acceptors (Lipinski definition) is 6. The lowest BCUT2D eigenvalue weighted by molar-refractivity contribution is -0.118. The maximum absolute atomic E-state index is 11.7. The molecule has 1 fully saturated rings. The number of rotatable bonds is 6. The fourth-order valence-electron chi connectivity index (χ4n) is 2.31. The van der Waals surface area contributed by atoms with Crippen LogP contribution < -0.4 is 5.32 Å². The second-order valence-corrected chi connectivity index (χ2v) is 9.16. The van der Waals surface area contributed by atoms with E-state index in [0.717, 1.165) is 0 Å². The van der Waals surface area contributed by atoms with Crippen molar-refractivity contribution in [3.8, 4) is 0 Å². The van der Waals surface area contributed by atoms with Crippen molar-refractivity contribution >= 4 is 27.5 Å². The fraction of sp³-hybridized carbons (Fsp3) is 0.769. The largest absolute Gasteiger partial charge is 0.355 e. The summed E-state index contributed by atoms with van der Waals surface area (Å²) in [4.78, 5) is 11.7. The highest BCUT2D eigenvalue weighted by molar-refractivity contribution is 7.99. The standard InChI is InChI=1S/C13H22N4O3S2/c1-9(2)6-14-11(18)7-21-13-16-15-12(17(13)3)10-4-5-22(19,20)8-10/h9-10H,4-8H2,1-3H3,(H,14,18)/t10-/m0/s1. The molecule has 124 valence electrons. The maximum Gasteiger partial charge on any atom is 0.230 e. The zero-order valence-electron chi connectivity index (χ0n) is 13.1. The molecule has 1 N–H and O–H groups in total. The van der Waals surface area contributed by atoms with E-state index in [1.165, 1.54) is 11.8 Å². The Morgan fingerprint density at radius 2 is 2.18 bits per heavy atom. The molecule has 1 atom stereocenters. The van der Waals surface area contributed by atoms with Crippen LogP contribution in [-0.2, 0) is 21.7 Å². The Labute approximate surface area is 135 Å². The molecule has 9 heteroatoms. The van der Waals surface area contributed by atoms with Crippen molar-refractivity contribution in [3.05, 3.63) is 5.82 Å². The molecule has 0 saturated carbocycles. The number of nitrogens with one attached hydrogen (secondary N) is 1. The van der Waals surface area contributed by atoms with Crippen molar-refractivity contribution in [3.63, 3.8) is 0 Å². The molecule has 1 aromatic rings. The molecule has 0 spiro atoms. The van der Waals surface area contributed by atoms with E-state index < -0.39 is 9.84 Å². The Hall–Kier alpha value is -1.09. The summed E-state index contributed by atoms with van der Waals surface area (Å²) in [5.41, 5.74) is 0. The van der Waals surface area contributed by atoms with Gasteiger partial charge >= 0.3 is 0 Å². The van der Waals surface area contributed by atoms with Crippen LogP contribution >= 0.6 is 11.8 Å². The average molecular weight is 346 g/mol. The molecule has 2 rings (SSSR count). The Bertz CT molecular complexity index is 640. The van der Waals surface area contributed by atoms with Crippen LogP contribution in [0.25, 0.3) is 0 Å². The molecule has 1 aromatic heterocycles. The lowest BCUT2D eigenvalue weighted by Crippen LogP contribution is -2.28. The van der Waals surface area contributed by atoms with Crippen LogP contribution in [0.3, 0.4) is 0 Å². The van der Waals surface area contributed by atoms with Crippen LogP contribution in [0.4, 0.5) is 0 Å². The highest BCUT2D eigenvalue weighted by atomic mass is 32.2. The monoisotopic (exact) mass is 346 g/mol. The molecule has 22 heavy (non-hydrogen) atoms. The summed E-state index contributed by atoms with van der Waals surface area (Å²) < 4.78 is 24.9. The van der Waals surface area contributed by atoms with Gasteiger partial charge in [0.15, 0.2) is 15.0 Å². The SMILES string of the molecule is CC(C)CNC(=O)CSc1nnc([C@H]2CCS(=O)(=O)C2)n1C. The Balaban J connectivity index is 1.93. The highest BCUT2D eigenvalue weighted by Gasteiger charge is 2.32. The third-order valence-electron chi connectivity index (χ3n) is 3.51. The lowest BCUT2D eigenvalue weighted by Gasteiger charge is -2.09. The predicted molar refractivity (Wildman–Crippen MR) is 85.6 cm³/mol. The summed E-state index contributed by atoms with van der Waals surface area (Å²) in [6.07, 6.45) is 0.591. The van der Waals surface area contributed by atoms with E-state index in [-0.39, 0.29) is 29.1 Å². The molecule has 0 aliphatic carbocycles. The molecular weight excluding hydrogens is 324 g/mol. The van der Waals surface area contributed by atoms with Gasteiger partial charge in [0.1, 0.15) is 5.82 Å². The fourth-order valence-corrected chi connectivity index (χ4v) is 4.79. The number of carbonyl (C=O) groups is 1. The number of carbonyl (C=O) groups excluding carboxylic acids is 1. The van der Waals surface area contributed by atoms with Crippen molar-refractivity contribution in [2.45, 2.75) is 31.3 Å². The lowest BCUT2D eigenvalue weighted by atomic mass is 10.1. The minimum absolute atomic E-state index is 0.0355. The molecule has 7 nitrogen and oxygen atoms in total. The molecule has 2 heterocycles. The van der Waals surface area contributed by atoms with Crippen molar-refractivity contribution in [2.24, 2.45) is 13.0 Å². The van der Waals surface area contributed by atoms with Gasteiger partial charge < -0.3 is 9.88 Å². The zero-order chi connectivity index (χ0) is 16.3. The summed E-state index contributed by atoms with van der Waals surface area (Å²) >= 11 is 1.31. The molecule has 1 amide bonds. The number of sulfone groups is 1. The van der Waals surface area contributed by atoms with E-state index in [0.29, 0.717) is 29.9 Å². The molecular formula is C13H22N4O3S2. The summed E-state index contributed by atoms with van der Waals surface area (Å²) in [6.45, 7) is 4.74. The van der Waals surface area contributed by atoms with E-state index in [9.17, 15) is 13.2 Å². The Morgan fingerprint density at radius 1 is 1.45 bits per heavy atom. The van der Waals surface area contributed by atoms with Crippen molar-refractivity contribution in [1.82, 2.24) is 20.1 Å². The van der Waals surface area contributed by atoms with Gasteiger partial charge in [-0.1, -0.05) is 25.6 Å². The highest BCUT2D eigenvalue weighted by Crippen LogP contribution is 2.29. The Kier molecular flexibility index (Phi) is 5.49. The maximum atomic E-state index is 11.7. The number of nitrogens with zero attached hydrogens (tertiary/aromatic N) is 3. The van der Waals surface area contributed by atoms with Gasteiger partial charge in [-0.25, -0.2) is 8.42 Å². The first-order chi connectivity index (χ1) is 10.3. The number of amides is 1. The van der Waals surface area contributed by atoms with Crippen molar-refractivity contribution < 1.29 is 13.2 Å². The van der Waals surface area contributed by atoms with E-state index in [1.54, 1.807) is 4.57 Å². The number of thioether (sulfide) groups is 1. The second kappa shape index (κ2) is 6.99. The van der Waals surface area contributed by atoms with E-state index in [2.05, 4.69) is 15.5 Å². The zero-order valence-corrected chi connectivity index (χ0v) is 14.7. The Morgan fingerprint density at radius 3 is 2.77 bits per heavy atom. The second-order valence-electron chi connectivity index (χ2n) is 5.99. The quantitative estimate of drug-likeness (QED) is 0.757. The first-order valence-electron chi connectivity index (χ1n) is 7.27. The van der Waals surface area contributed by atoms with Gasteiger partial charge in [-0.3, -0.25) is 4.79 Å². The summed E-state index contributed by atoms with van der Waals surface area (Å²) in [6, 6.07) is 0.